The third-order valence-electron chi connectivity index (χ3n) is 6.92. The lowest BCUT2D eigenvalue weighted by atomic mass is 10.0. The summed E-state index contributed by atoms with van der Waals surface area (Å²) in [4.78, 5) is 22.5. The Balaban J connectivity index is 4.53. The molecule has 6 N–H and O–H groups in total. The lowest BCUT2D eigenvalue weighted by Gasteiger charge is -2.25. The van der Waals surface area contributed by atoms with Gasteiger partial charge in [0.1, 0.15) is 0 Å². The Hall–Kier alpha value is -0.800. The summed E-state index contributed by atoms with van der Waals surface area (Å²) in [5, 5.41) is 23.8. The molecule has 1 amide bonds. The number of unbranched alkanes of at least 4 members (excludes halogenated alkanes) is 13. The van der Waals surface area contributed by atoms with E-state index in [4.69, 9.17) is 14.8 Å². The van der Waals surface area contributed by atoms with Crippen LogP contribution >= 0.6 is 7.82 Å². The average molecular weight is 593 g/mol. The number of carbonyl (C=O) groups is 1. The number of phosphoric acid groups is 1. The minimum Gasteiger partial charge on any atom is -0.393 e. The quantitative estimate of drug-likeness (QED) is 0.0386. The van der Waals surface area contributed by atoms with Crippen molar-refractivity contribution in [2.24, 2.45) is 5.73 Å². The van der Waals surface area contributed by atoms with Crippen LogP contribution in [0.4, 0.5) is 0 Å². The van der Waals surface area contributed by atoms with E-state index in [1.807, 2.05) is 0 Å². The first kappa shape index (κ1) is 39.2. The van der Waals surface area contributed by atoms with Crippen molar-refractivity contribution in [2.45, 2.75) is 154 Å². The third-order valence-corrected chi connectivity index (χ3v) is 7.91. The number of aliphatic hydroxyl groups excluding tert-OH is 2. The highest BCUT2D eigenvalue weighted by Gasteiger charge is 2.28. The van der Waals surface area contributed by atoms with E-state index in [0.717, 1.165) is 51.4 Å². The van der Waals surface area contributed by atoms with Crippen LogP contribution in [0.15, 0.2) is 12.2 Å². The van der Waals surface area contributed by atoms with Crippen LogP contribution in [0, 0.1) is 0 Å². The van der Waals surface area contributed by atoms with Gasteiger partial charge in [-0.25, -0.2) is 4.57 Å². The molecular weight excluding hydrogens is 531 g/mol. The number of phosphoric ester groups is 1. The molecule has 0 rings (SSSR count). The molecule has 0 spiro atoms. The maximum atomic E-state index is 12.6. The van der Waals surface area contributed by atoms with Crippen molar-refractivity contribution >= 4 is 13.7 Å². The molecule has 0 aliphatic rings. The van der Waals surface area contributed by atoms with Gasteiger partial charge < -0.3 is 26.2 Å². The van der Waals surface area contributed by atoms with Gasteiger partial charge >= 0.3 is 7.82 Å². The summed E-state index contributed by atoms with van der Waals surface area (Å²) in [6, 6.07) is -0.893. The molecule has 0 aliphatic heterocycles. The Labute approximate surface area is 244 Å². The van der Waals surface area contributed by atoms with Crippen LogP contribution in [0.25, 0.3) is 0 Å². The molecule has 0 saturated heterocycles. The number of rotatable bonds is 29. The Bertz CT molecular complexity index is 666. The molecule has 0 fully saturated rings. The van der Waals surface area contributed by atoms with Crippen molar-refractivity contribution in [3.8, 4) is 0 Å². The van der Waals surface area contributed by atoms with E-state index in [0.29, 0.717) is 12.8 Å². The molecule has 9 nitrogen and oxygen atoms in total. The van der Waals surface area contributed by atoms with E-state index >= 15 is 0 Å². The standard InChI is InChI=1S/C30H61N2O7P/c1-3-5-7-9-11-13-15-17-19-21-27(33)25-30(35)32-28(26-39-40(36,37)38-24-23-31)29(34)22-20-18-16-14-12-10-8-6-4-2/h9,11,27-29,33-34H,3-8,10,12-26,31H2,1-2H3,(H,32,35)(H,36,37)/b11-9-. The summed E-state index contributed by atoms with van der Waals surface area (Å²) >= 11 is 0. The fraction of sp³-hybridized carbons (Fsp3) is 0.900. The van der Waals surface area contributed by atoms with E-state index in [1.165, 1.54) is 51.4 Å². The second-order valence-corrected chi connectivity index (χ2v) is 12.3. The Morgan fingerprint density at radius 2 is 1.38 bits per heavy atom. The predicted octanol–water partition coefficient (Wildman–Crippen LogP) is 6.29. The second kappa shape index (κ2) is 27.1. The zero-order valence-corrected chi connectivity index (χ0v) is 26.3. The van der Waals surface area contributed by atoms with E-state index in [1.54, 1.807) is 0 Å². The lowest BCUT2D eigenvalue weighted by molar-refractivity contribution is -0.125. The van der Waals surface area contributed by atoms with Crippen molar-refractivity contribution in [1.82, 2.24) is 5.32 Å². The van der Waals surface area contributed by atoms with Crippen LogP contribution in [-0.2, 0) is 18.4 Å². The topological polar surface area (TPSA) is 151 Å². The molecule has 0 aromatic carbocycles. The maximum absolute atomic E-state index is 12.6. The van der Waals surface area contributed by atoms with Gasteiger partial charge in [0.25, 0.3) is 0 Å². The Kier molecular flexibility index (Phi) is 26.5. The van der Waals surface area contributed by atoms with E-state index in [2.05, 4.69) is 31.3 Å². The minimum atomic E-state index is -4.36. The predicted molar refractivity (Wildman–Crippen MR) is 163 cm³/mol. The Morgan fingerprint density at radius 3 is 2.00 bits per heavy atom. The zero-order chi connectivity index (χ0) is 29.9. The Morgan fingerprint density at radius 1 is 0.825 bits per heavy atom. The van der Waals surface area contributed by atoms with Gasteiger partial charge in [-0.3, -0.25) is 13.8 Å². The smallest absolute Gasteiger partial charge is 0.393 e. The third kappa shape index (κ3) is 25.0. The van der Waals surface area contributed by atoms with Gasteiger partial charge in [-0.05, 0) is 32.1 Å². The van der Waals surface area contributed by atoms with Crippen molar-refractivity contribution in [2.75, 3.05) is 19.8 Å². The molecule has 0 aromatic rings. The summed E-state index contributed by atoms with van der Waals surface area (Å²) < 4.78 is 21.9. The van der Waals surface area contributed by atoms with Gasteiger partial charge in [0.15, 0.2) is 0 Å². The molecular formula is C30H61N2O7P. The second-order valence-electron chi connectivity index (χ2n) is 10.9. The largest absolute Gasteiger partial charge is 0.472 e. The number of hydrogen-bond acceptors (Lipinski definition) is 7. The first-order valence-electron chi connectivity index (χ1n) is 15.9. The van der Waals surface area contributed by atoms with Crippen LogP contribution in [-0.4, -0.2) is 59.0 Å². The molecule has 0 aliphatic carbocycles. The summed E-state index contributed by atoms with van der Waals surface area (Å²) in [5.41, 5.74) is 5.32. The molecule has 4 atom stereocenters. The normalized spacial score (nSPS) is 15.7. The summed E-state index contributed by atoms with van der Waals surface area (Å²) in [6.45, 7) is 3.92. The van der Waals surface area contributed by atoms with Gasteiger partial charge in [-0.1, -0.05) is 109 Å². The number of nitrogens with one attached hydrogen (secondary N) is 1. The molecule has 0 saturated carbocycles. The van der Waals surface area contributed by atoms with Crippen LogP contribution in [0.2, 0.25) is 0 Å². The number of allylic oxidation sites excluding steroid dienone is 2. The highest BCUT2D eigenvalue weighted by atomic mass is 31.2. The van der Waals surface area contributed by atoms with Gasteiger partial charge in [0, 0.05) is 6.54 Å². The summed E-state index contributed by atoms with van der Waals surface area (Å²) in [7, 11) is -4.36. The number of aliphatic hydroxyl groups is 2. The fourth-order valence-electron chi connectivity index (χ4n) is 4.45. The van der Waals surface area contributed by atoms with Crippen molar-refractivity contribution < 1.29 is 33.5 Å². The van der Waals surface area contributed by atoms with Crippen molar-refractivity contribution in [3.05, 3.63) is 12.2 Å². The molecule has 4 unspecified atom stereocenters. The first-order valence-corrected chi connectivity index (χ1v) is 17.4. The van der Waals surface area contributed by atoms with E-state index in [9.17, 15) is 24.5 Å². The summed E-state index contributed by atoms with van der Waals surface area (Å²) in [5.74, 6) is -0.429. The van der Waals surface area contributed by atoms with Gasteiger partial charge in [-0.2, -0.15) is 0 Å². The maximum Gasteiger partial charge on any atom is 0.472 e. The van der Waals surface area contributed by atoms with Crippen molar-refractivity contribution in [3.63, 3.8) is 0 Å². The SMILES string of the molecule is CCCC/C=C\CCCCCC(O)CC(=O)NC(COP(=O)(O)OCCN)C(O)CCCCCCCCCCC. The average Bonchev–Trinajstić information content (AvgIpc) is 2.92. The van der Waals surface area contributed by atoms with Gasteiger partial charge in [-0.15, -0.1) is 0 Å². The van der Waals surface area contributed by atoms with Crippen molar-refractivity contribution in [1.29, 1.82) is 0 Å². The molecule has 0 heterocycles. The zero-order valence-electron chi connectivity index (χ0n) is 25.4. The molecule has 0 aromatic heterocycles. The van der Waals surface area contributed by atoms with Crippen LogP contribution < -0.4 is 11.1 Å². The molecule has 40 heavy (non-hydrogen) atoms. The molecule has 0 radical (unpaired) electrons. The van der Waals surface area contributed by atoms with Gasteiger partial charge in [0.2, 0.25) is 5.91 Å². The molecule has 238 valence electrons. The van der Waals surface area contributed by atoms with Crippen LogP contribution in [0.3, 0.4) is 0 Å². The monoisotopic (exact) mass is 592 g/mol. The number of hydrogen-bond donors (Lipinski definition) is 5. The lowest BCUT2D eigenvalue weighted by Crippen LogP contribution is -2.47. The van der Waals surface area contributed by atoms with E-state index in [-0.39, 0.29) is 26.2 Å². The fourth-order valence-corrected chi connectivity index (χ4v) is 5.21. The number of carbonyl (C=O) groups excluding carboxylic acids is 1. The van der Waals surface area contributed by atoms with Crippen LogP contribution in [0.1, 0.15) is 136 Å². The van der Waals surface area contributed by atoms with Crippen LogP contribution in [0.5, 0.6) is 0 Å². The first-order chi connectivity index (χ1) is 19.3. The highest BCUT2D eigenvalue weighted by molar-refractivity contribution is 7.47. The number of nitrogens with two attached hydrogens (primary N) is 1. The summed E-state index contributed by atoms with van der Waals surface area (Å²) in [6.07, 6.45) is 21.3. The molecule has 0 bridgehead atoms. The van der Waals surface area contributed by atoms with Gasteiger partial charge in [0.05, 0.1) is 37.9 Å². The minimum absolute atomic E-state index is 0.0584. The molecule has 10 heteroatoms. The van der Waals surface area contributed by atoms with E-state index < -0.39 is 32.0 Å². The number of amides is 1. The highest BCUT2D eigenvalue weighted by Crippen LogP contribution is 2.43.